The van der Waals surface area contributed by atoms with Crippen LogP contribution in [-0.4, -0.2) is 13.4 Å². The van der Waals surface area contributed by atoms with Gasteiger partial charge in [-0.25, -0.2) is 13.1 Å². The summed E-state index contributed by atoms with van der Waals surface area (Å²) >= 11 is 0. The van der Waals surface area contributed by atoms with E-state index in [1.807, 2.05) is 6.92 Å². The van der Waals surface area contributed by atoms with E-state index in [-0.39, 0.29) is 18.0 Å². The van der Waals surface area contributed by atoms with Crippen LogP contribution in [0.4, 0.5) is 0 Å². The largest absolute Gasteiger partial charge is 0.465 e. The minimum absolute atomic E-state index is 0.119. The number of pyridine rings is 1. The van der Waals surface area contributed by atoms with Gasteiger partial charge in [0.15, 0.2) is 0 Å². The van der Waals surface area contributed by atoms with Crippen LogP contribution in [0.5, 0.6) is 0 Å². The van der Waals surface area contributed by atoms with Gasteiger partial charge in [0.2, 0.25) is 10.0 Å². The monoisotopic (exact) mass is 309 g/mol. The Kier molecular flexibility index (Phi) is 4.46. The molecule has 114 valence electrons. The van der Waals surface area contributed by atoms with Gasteiger partial charge in [0.25, 0.3) is 0 Å². The molecule has 2 rings (SSSR count). The molecule has 0 aliphatic rings. The summed E-state index contributed by atoms with van der Waals surface area (Å²) in [7, 11) is -3.67. The molecule has 3 N–H and O–H groups in total. The molecule has 0 bridgehead atoms. The number of nitrogens with two attached hydrogens (primary N) is 1. The second-order valence-electron chi connectivity index (χ2n) is 4.85. The molecule has 0 amide bonds. The molecule has 0 radical (unpaired) electrons. The van der Waals surface area contributed by atoms with Crippen LogP contribution in [-0.2, 0) is 23.1 Å². The fraction of sp³-hybridized carbons (Fsp3) is 0.357. The van der Waals surface area contributed by atoms with Gasteiger partial charge in [-0.3, -0.25) is 4.98 Å². The summed E-state index contributed by atoms with van der Waals surface area (Å²) in [6.45, 7) is 5.53. The van der Waals surface area contributed by atoms with Gasteiger partial charge >= 0.3 is 0 Å². The van der Waals surface area contributed by atoms with Crippen molar-refractivity contribution in [3.05, 3.63) is 46.7 Å². The van der Waals surface area contributed by atoms with Gasteiger partial charge in [-0.15, -0.1) is 0 Å². The minimum Gasteiger partial charge on any atom is -0.465 e. The van der Waals surface area contributed by atoms with E-state index < -0.39 is 10.0 Å². The highest BCUT2D eigenvalue weighted by Gasteiger charge is 2.25. The van der Waals surface area contributed by atoms with Gasteiger partial charge in [0.05, 0.1) is 0 Å². The summed E-state index contributed by atoms with van der Waals surface area (Å²) < 4.78 is 33.0. The van der Waals surface area contributed by atoms with Gasteiger partial charge in [-0.05, 0) is 38.0 Å². The summed E-state index contributed by atoms with van der Waals surface area (Å²) in [6.07, 6.45) is 3.33. The fourth-order valence-electron chi connectivity index (χ4n) is 2.24. The molecule has 0 saturated carbocycles. The van der Waals surface area contributed by atoms with Crippen molar-refractivity contribution in [2.75, 3.05) is 0 Å². The van der Waals surface area contributed by atoms with Crippen LogP contribution in [0.15, 0.2) is 27.8 Å². The lowest BCUT2D eigenvalue weighted by Crippen LogP contribution is -2.25. The predicted octanol–water partition coefficient (Wildman–Crippen LogP) is 1.54. The summed E-state index contributed by atoms with van der Waals surface area (Å²) in [5.41, 5.74) is 7.96. The van der Waals surface area contributed by atoms with Crippen molar-refractivity contribution in [3.63, 3.8) is 0 Å². The maximum atomic E-state index is 12.5. The van der Waals surface area contributed by atoms with E-state index in [0.29, 0.717) is 17.1 Å². The average Bonchev–Trinajstić information content (AvgIpc) is 2.72. The van der Waals surface area contributed by atoms with E-state index in [1.54, 1.807) is 32.3 Å². The van der Waals surface area contributed by atoms with Crippen LogP contribution in [0, 0.1) is 20.8 Å². The topological polar surface area (TPSA) is 98.2 Å². The summed E-state index contributed by atoms with van der Waals surface area (Å²) in [5.74, 6) is 0.891. The Morgan fingerprint density at radius 1 is 1.29 bits per heavy atom. The summed E-state index contributed by atoms with van der Waals surface area (Å²) in [6, 6.07) is 1.79. The second-order valence-corrected chi connectivity index (χ2v) is 6.56. The molecule has 0 atom stereocenters. The number of nitrogens with zero attached hydrogens (tertiary/aromatic N) is 1. The molecule has 21 heavy (non-hydrogen) atoms. The smallest absolute Gasteiger partial charge is 0.244 e. The van der Waals surface area contributed by atoms with Crippen LogP contribution in [0.1, 0.15) is 28.2 Å². The zero-order valence-corrected chi connectivity index (χ0v) is 13.1. The molecule has 0 fully saturated rings. The van der Waals surface area contributed by atoms with E-state index in [9.17, 15) is 8.42 Å². The van der Waals surface area contributed by atoms with Gasteiger partial charge in [-0.1, -0.05) is 0 Å². The maximum Gasteiger partial charge on any atom is 0.244 e. The highest BCUT2D eigenvalue weighted by molar-refractivity contribution is 7.89. The fourth-order valence-corrected chi connectivity index (χ4v) is 3.70. The van der Waals surface area contributed by atoms with Crippen LogP contribution in [0.25, 0.3) is 0 Å². The Morgan fingerprint density at radius 2 is 2.00 bits per heavy atom. The third-order valence-corrected chi connectivity index (χ3v) is 4.98. The molecule has 7 heteroatoms. The number of nitrogens with one attached hydrogen (secondary N) is 1. The second kappa shape index (κ2) is 5.97. The molecular weight excluding hydrogens is 290 g/mol. The lowest BCUT2D eigenvalue weighted by Gasteiger charge is -2.09. The first kappa shape index (κ1) is 15.7. The van der Waals surface area contributed by atoms with Gasteiger partial charge in [0, 0.05) is 31.0 Å². The normalized spacial score (nSPS) is 11.8. The lowest BCUT2D eigenvalue weighted by atomic mass is 10.2. The molecule has 2 aromatic rings. The SMILES string of the molecule is Cc1cnccc1CNS(=O)(=O)c1c(C)oc(C)c1CN. The van der Waals surface area contributed by atoms with E-state index in [4.69, 9.17) is 10.2 Å². The summed E-state index contributed by atoms with van der Waals surface area (Å²) in [4.78, 5) is 4.13. The Bertz CT molecular complexity index is 751. The highest BCUT2D eigenvalue weighted by Crippen LogP contribution is 2.26. The van der Waals surface area contributed by atoms with Crippen LogP contribution in [0.2, 0.25) is 0 Å². The third kappa shape index (κ3) is 3.15. The molecule has 0 aliphatic heterocycles. The number of rotatable bonds is 5. The van der Waals surface area contributed by atoms with E-state index in [1.165, 1.54) is 0 Å². The first-order valence-corrected chi connectivity index (χ1v) is 8.03. The van der Waals surface area contributed by atoms with E-state index >= 15 is 0 Å². The zero-order valence-electron chi connectivity index (χ0n) is 12.3. The first-order chi connectivity index (χ1) is 9.86. The number of hydrogen-bond donors (Lipinski definition) is 2. The molecule has 0 spiro atoms. The quantitative estimate of drug-likeness (QED) is 0.873. The predicted molar refractivity (Wildman–Crippen MR) is 79.1 cm³/mol. The van der Waals surface area contributed by atoms with Crippen LogP contribution >= 0.6 is 0 Å². The van der Waals surface area contributed by atoms with Crippen LogP contribution < -0.4 is 10.5 Å². The molecule has 6 nitrogen and oxygen atoms in total. The van der Waals surface area contributed by atoms with Crippen molar-refractivity contribution in [1.82, 2.24) is 9.71 Å². The average molecular weight is 309 g/mol. The Morgan fingerprint density at radius 3 is 2.62 bits per heavy atom. The van der Waals surface area contributed by atoms with E-state index in [2.05, 4.69) is 9.71 Å². The van der Waals surface area contributed by atoms with Crippen molar-refractivity contribution in [1.29, 1.82) is 0 Å². The van der Waals surface area contributed by atoms with Crippen molar-refractivity contribution in [2.45, 2.75) is 38.8 Å². The van der Waals surface area contributed by atoms with Crippen molar-refractivity contribution in [3.8, 4) is 0 Å². The number of aryl methyl sites for hydroxylation is 3. The van der Waals surface area contributed by atoms with E-state index in [0.717, 1.165) is 11.1 Å². The zero-order chi connectivity index (χ0) is 15.6. The molecule has 0 aromatic carbocycles. The number of aromatic nitrogens is 1. The standard InChI is InChI=1S/C14H19N3O3S/c1-9-7-16-5-4-12(9)8-17-21(18,19)14-11(3)20-10(2)13(14)6-15/h4-5,7,17H,6,8,15H2,1-3H3. The van der Waals surface area contributed by atoms with Crippen molar-refractivity contribution < 1.29 is 12.8 Å². The number of sulfonamides is 1. The molecule has 0 unspecified atom stereocenters. The lowest BCUT2D eigenvalue weighted by molar-refractivity contribution is 0.494. The molecule has 0 aliphatic carbocycles. The number of hydrogen-bond acceptors (Lipinski definition) is 5. The van der Waals surface area contributed by atoms with Crippen molar-refractivity contribution in [2.24, 2.45) is 5.73 Å². The van der Waals surface area contributed by atoms with Gasteiger partial charge < -0.3 is 10.2 Å². The van der Waals surface area contributed by atoms with Gasteiger partial charge in [0.1, 0.15) is 16.4 Å². The third-order valence-electron chi connectivity index (χ3n) is 3.39. The number of furan rings is 1. The first-order valence-electron chi connectivity index (χ1n) is 6.55. The molecular formula is C14H19N3O3S. The summed E-state index contributed by atoms with van der Waals surface area (Å²) in [5, 5.41) is 0. The van der Waals surface area contributed by atoms with Crippen LogP contribution in [0.3, 0.4) is 0 Å². The molecule has 2 aromatic heterocycles. The Hall–Kier alpha value is -1.70. The van der Waals surface area contributed by atoms with Gasteiger partial charge in [-0.2, -0.15) is 0 Å². The Balaban J connectivity index is 2.30. The molecule has 2 heterocycles. The molecule has 0 saturated heterocycles. The highest BCUT2D eigenvalue weighted by atomic mass is 32.2. The maximum absolute atomic E-state index is 12.5. The minimum atomic E-state index is -3.67. The Labute approximate surface area is 124 Å². The van der Waals surface area contributed by atoms with Crippen molar-refractivity contribution >= 4 is 10.0 Å².